The van der Waals surface area contributed by atoms with Crippen molar-refractivity contribution in [1.82, 2.24) is 5.32 Å². The number of rotatable bonds is 3. The summed E-state index contributed by atoms with van der Waals surface area (Å²) < 4.78 is 11.2. The Morgan fingerprint density at radius 2 is 1.82 bits per heavy atom. The third-order valence-corrected chi connectivity index (χ3v) is 5.12. The third-order valence-electron chi connectivity index (χ3n) is 5.12. The Morgan fingerprint density at radius 3 is 2.43 bits per heavy atom. The van der Waals surface area contributed by atoms with Crippen LogP contribution >= 0.6 is 0 Å². The van der Waals surface area contributed by atoms with Crippen LogP contribution in [0.4, 0.5) is 0 Å². The molecule has 0 unspecified atom stereocenters. The number of fused-ring (bicyclic) bond motifs is 1. The predicted molar refractivity (Wildman–Crippen MR) is 96.9 cm³/mol. The van der Waals surface area contributed by atoms with Crippen molar-refractivity contribution < 1.29 is 34.4 Å². The Morgan fingerprint density at radius 1 is 1.11 bits per heavy atom. The number of amides is 1. The molecular weight excluding hydrogens is 366 g/mol. The second kappa shape index (κ2) is 6.63. The van der Waals surface area contributed by atoms with Gasteiger partial charge in [-0.15, -0.1) is 0 Å². The summed E-state index contributed by atoms with van der Waals surface area (Å²) >= 11 is 0. The van der Waals surface area contributed by atoms with Gasteiger partial charge in [-0.3, -0.25) is 9.59 Å². The average Bonchev–Trinajstić information content (AvgIpc) is 3.08. The SMILES string of the molecule is COc1c(O)c([C@H]2CCC(=O)N2)c(O)c2c1O[C@H](c1ccc(O)cc1)CC2=O. The first kappa shape index (κ1) is 18.0. The highest BCUT2D eigenvalue weighted by atomic mass is 16.5. The fraction of sp³-hybridized carbons (Fsp3) is 0.300. The quantitative estimate of drug-likeness (QED) is 0.639. The number of carbonyl (C=O) groups is 2. The summed E-state index contributed by atoms with van der Waals surface area (Å²) in [5, 5.41) is 33.6. The van der Waals surface area contributed by atoms with E-state index in [-0.39, 0.29) is 58.7 Å². The molecule has 2 atom stereocenters. The van der Waals surface area contributed by atoms with Crippen LogP contribution in [0, 0.1) is 0 Å². The molecule has 2 aromatic rings. The lowest BCUT2D eigenvalue weighted by atomic mass is 9.91. The van der Waals surface area contributed by atoms with Gasteiger partial charge < -0.3 is 30.1 Å². The van der Waals surface area contributed by atoms with E-state index in [0.717, 1.165) is 0 Å². The minimum atomic E-state index is -0.662. The normalized spacial score (nSPS) is 21.0. The molecule has 28 heavy (non-hydrogen) atoms. The topological polar surface area (TPSA) is 125 Å². The maximum Gasteiger partial charge on any atom is 0.220 e. The van der Waals surface area contributed by atoms with Crippen molar-refractivity contribution in [2.45, 2.75) is 31.4 Å². The van der Waals surface area contributed by atoms with Gasteiger partial charge in [-0.1, -0.05) is 12.1 Å². The molecule has 2 aliphatic heterocycles. The van der Waals surface area contributed by atoms with Gasteiger partial charge in [-0.2, -0.15) is 0 Å². The molecule has 4 N–H and O–H groups in total. The molecule has 0 bridgehead atoms. The highest BCUT2D eigenvalue weighted by molar-refractivity contribution is 6.04. The molecule has 8 heteroatoms. The molecule has 0 radical (unpaired) electrons. The summed E-state index contributed by atoms with van der Waals surface area (Å²) in [7, 11) is 1.32. The molecule has 4 rings (SSSR count). The van der Waals surface area contributed by atoms with Crippen LogP contribution in [0.15, 0.2) is 24.3 Å². The molecule has 0 aromatic heterocycles. The van der Waals surface area contributed by atoms with Gasteiger partial charge in [0.2, 0.25) is 11.7 Å². The van der Waals surface area contributed by atoms with Crippen molar-refractivity contribution in [2.24, 2.45) is 0 Å². The lowest BCUT2D eigenvalue weighted by Crippen LogP contribution is -2.23. The Hall–Kier alpha value is -3.42. The van der Waals surface area contributed by atoms with Crippen LogP contribution in [-0.4, -0.2) is 34.1 Å². The van der Waals surface area contributed by atoms with Crippen LogP contribution in [0.3, 0.4) is 0 Å². The third kappa shape index (κ3) is 2.77. The van der Waals surface area contributed by atoms with E-state index in [2.05, 4.69) is 5.32 Å². The zero-order valence-corrected chi connectivity index (χ0v) is 15.1. The molecule has 146 valence electrons. The Balaban J connectivity index is 1.82. The van der Waals surface area contributed by atoms with Crippen molar-refractivity contribution in [3.05, 3.63) is 41.0 Å². The van der Waals surface area contributed by atoms with Gasteiger partial charge in [0.15, 0.2) is 17.3 Å². The summed E-state index contributed by atoms with van der Waals surface area (Å²) in [6.07, 6.45) is -0.0515. The molecule has 8 nitrogen and oxygen atoms in total. The number of phenols is 3. The number of hydrogen-bond acceptors (Lipinski definition) is 7. The molecule has 0 aliphatic carbocycles. The maximum atomic E-state index is 12.9. The number of ether oxygens (including phenoxy) is 2. The number of phenolic OH excluding ortho intramolecular Hbond substituents is 3. The van der Waals surface area contributed by atoms with E-state index in [4.69, 9.17) is 9.47 Å². The van der Waals surface area contributed by atoms with Crippen molar-refractivity contribution in [2.75, 3.05) is 7.11 Å². The van der Waals surface area contributed by atoms with Crippen LogP contribution in [-0.2, 0) is 4.79 Å². The summed E-state index contributed by atoms with van der Waals surface area (Å²) in [4.78, 5) is 24.4. The van der Waals surface area contributed by atoms with Crippen LogP contribution in [0.1, 0.15) is 52.9 Å². The van der Waals surface area contributed by atoms with Crippen molar-refractivity contribution in [3.8, 4) is 28.7 Å². The van der Waals surface area contributed by atoms with E-state index in [1.165, 1.54) is 19.2 Å². The lowest BCUT2D eigenvalue weighted by Gasteiger charge is -2.29. The number of nitrogens with one attached hydrogen (secondary N) is 1. The second-order valence-electron chi connectivity index (χ2n) is 6.83. The van der Waals surface area contributed by atoms with Crippen molar-refractivity contribution in [1.29, 1.82) is 0 Å². The first-order valence-electron chi connectivity index (χ1n) is 8.84. The highest BCUT2D eigenvalue weighted by Crippen LogP contribution is 2.54. The van der Waals surface area contributed by atoms with Crippen molar-refractivity contribution in [3.63, 3.8) is 0 Å². The van der Waals surface area contributed by atoms with E-state index in [1.807, 2.05) is 0 Å². The van der Waals surface area contributed by atoms with Crippen LogP contribution in [0.25, 0.3) is 0 Å². The molecule has 0 saturated carbocycles. The smallest absolute Gasteiger partial charge is 0.220 e. The second-order valence-corrected chi connectivity index (χ2v) is 6.83. The van der Waals surface area contributed by atoms with Crippen LogP contribution in [0.2, 0.25) is 0 Å². The van der Waals surface area contributed by atoms with Crippen LogP contribution in [0.5, 0.6) is 28.7 Å². The molecular formula is C20H19NO7. The Kier molecular flexibility index (Phi) is 4.26. The van der Waals surface area contributed by atoms with Gasteiger partial charge in [0, 0.05) is 6.42 Å². The number of benzene rings is 2. The van der Waals surface area contributed by atoms with E-state index >= 15 is 0 Å². The van der Waals surface area contributed by atoms with E-state index < -0.39 is 17.9 Å². The molecule has 2 aromatic carbocycles. The molecule has 1 saturated heterocycles. The molecule has 2 heterocycles. The monoisotopic (exact) mass is 385 g/mol. The van der Waals surface area contributed by atoms with Gasteiger partial charge >= 0.3 is 0 Å². The fourth-order valence-electron chi connectivity index (χ4n) is 3.75. The van der Waals surface area contributed by atoms with Gasteiger partial charge in [0.05, 0.1) is 25.1 Å². The van der Waals surface area contributed by atoms with E-state index in [1.54, 1.807) is 12.1 Å². The van der Waals surface area contributed by atoms with Gasteiger partial charge in [0.1, 0.15) is 23.2 Å². The summed E-state index contributed by atoms with van der Waals surface area (Å²) in [5.41, 5.74) is 0.646. The van der Waals surface area contributed by atoms with Gasteiger partial charge in [-0.05, 0) is 24.1 Å². The van der Waals surface area contributed by atoms with Gasteiger partial charge in [-0.25, -0.2) is 0 Å². The zero-order chi connectivity index (χ0) is 20.0. The largest absolute Gasteiger partial charge is 0.508 e. The fourth-order valence-corrected chi connectivity index (χ4v) is 3.75. The van der Waals surface area contributed by atoms with E-state index in [9.17, 15) is 24.9 Å². The number of ketones is 1. The van der Waals surface area contributed by atoms with Crippen molar-refractivity contribution >= 4 is 11.7 Å². The Bertz CT molecular complexity index is 968. The van der Waals surface area contributed by atoms with E-state index in [0.29, 0.717) is 12.0 Å². The first-order chi connectivity index (χ1) is 13.4. The number of Topliss-reactive ketones (excluding diaryl/α,β-unsaturated/α-hetero) is 1. The number of hydrogen-bond donors (Lipinski definition) is 4. The lowest BCUT2D eigenvalue weighted by molar-refractivity contribution is -0.119. The summed E-state index contributed by atoms with van der Waals surface area (Å²) in [6, 6.07) is 5.61. The average molecular weight is 385 g/mol. The summed E-state index contributed by atoms with van der Waals surface area (Å²) in [6.45, 7) is 0. The maximum absolute atomic E-state index is 12.9. The minimum Gasteiger partial charge on any atom is -0.508 e. The number of carbonyl (C=O) groups excluding carboxylic acids is 2. The standard InChI is InChI=1S/C20H19NO7/c1-27-20-18(26)15(11-6-7-14(24)21-11)17(25)16-12(23)8-13(28-19(16)20)9-2-4-10(22)5-3-9/h2-5,11,13,22,25-26H,6-8H2,1H3,(H,21,24)/t11-,13+/m1/s1. The number of methoxy groups -OCH3 is 1. The predicted octanol–water partition coefficient (Wildman–Crippen LogP) is 2.47. The highest BCUT2D eigenvalue weighted by Gasteiger charge is 2.39. The molecule has 2 aliphatic rings. The number of aromatic hydroxyl groups is 3. The minimum absolute atomic E-state index is 0.0320. The molecule has 0 spiro atoms. The zero-order valence-electron chi connectivity index (χ0n) is 15.1. The van der Waals surface area contributed by atoms with Crippen LogP contribution < -0.4 is 14.8 Å². The molecule has 1 amide bonds. The molecule has 1 fully saturated rings. The first-order valence-corrected chi connectivity index (χ1v) is 8.84. The van der Waals surface area contributed by atoms with Gasteiger partial charge in [0.25, 0.3) is 0 Å². The Labute approximate surface area is 160 Å². The summed E-state index contributed by atoms with van der Waals surface area (Å²) in [5.74, 6) is -1.38.